The third kappa shape index (κ3) is 3.07. The second-order valence-electron chi connectivity index (χ2n) is 4.07. The van der Waals surface area contributed by atoms with E-state index in [0.717, 1.165) is 12.1 Å². The molecule has 0 unspecified atom stereocenters. The standard InChI is InChI=1S/C12H11BrFN3O2S/c1-7-3-2-4-12(16-7)17-20(18,19)11-6-10(15)9(14)5-8(11)13/h2-6H,15H2,1H3,(H,16,17). The van der Waals surface area contributed by atoms with Crippen molar-refractivity contribution in [2.24, 2.45) is 0 Å². The maximum Gasteiger partial charge on any atom is 0.264 e. The van der Waals surface area contributed by atoms with Gasteiger partial charge in [0.25, 0.3) is 10.0 Å². The lowest BCUT2D eigenvalue weighted by Gasteiger charge is -2.10. The van der Waals surface area contributed by atoms with E-state index < -0.39 is 15.8 Å². The summed E-state index contributed by atoms with van der Waals surface area (Å²) in [7, 11) is -3.91. The highest BCUT2D eigenvalue weighted by atomic mass is 79.9. The number of aromatic nitrogens is 1. The van der Waals surface area contributed by atoms with Crippen LogP contribution < -0.4 is 10.5 Å². The Morgan fingerprint density at radius 1 is 1.35 bits per heavy atom. The topological polar surface area (TPSA) is 85.1 Å². The van der Waals surface area contributed by atoms with Crippen LogP contribution in [0.3, 0.4) is 0 Å². The van der Waals surface area contributed by atoms with Crippen LogP contribution in [0.5, 0.6) is 0 Å². The first-order valence-electron chi connectivity index (χ1n) is 5.50. The molecule has 106 valence electrons. The smallest absolute Gasteiger partial charge is 0.264 e. The van der Waals surface area contributed by atoms with Gasteiger partial charge in [-0.1, -0.05) is 6.07 Å². The van der Waals surface area contributed by atoms with Gasteiger partial charge in [-0.05, 0) is 47.1 Å². The van der Waals surface area contributed by atoms with E-state index in [9.17, 15) is 12.8 Å². The molecule has 8 heteroatoms. The second-order valence-corrected chi connectivity index (χ2v) is 6.58. The minimum absolute atomic E-state index is 0.0874. The Kier molecular flexibility index (Phi) is 3.96. The SMILES string of the molecule is Cc1cccc(NS(=O)(=O)c2cc(N)c(F)cc2Br)n1. The molecule has 0 radical (unpaired) electrons. The van der Waals surface area contributed by atoms with Gasteiger partial charge in [-0.2, -0.15) is 0 Å². The van der Waals surface area contributed by atoms with Gasteiger partial charge in [0.1, 0.15) is 16.5 Å². The lowest BCUT2D eigenvalue weighted by atomic mass is 10.3. The van der Waals surface area contributed by atoms with Crippen LogP contribution in [-0.2, 0) is 10.0 Å². The third-order valence-corrected chi connectivity index (χ3v) is 4.78. The third-order valence-electron chi connectivity index (χ3n) is 2.47. The highest BCUT2D eigenvalue weighted by Gasteiger charge is 2.20. The van der Waals surface area contributed by atoms with Gasteiger partial charge in [0.2, 0.25) is 0 Å². The minimum Gasteiger partial charge on any atom is -0.396 e. The minimum atomic E-state index is -3.91. The monoisotopic (exact) mass is 359 g/mol. The first kappa shape index (κ1) is 14.7. The Labute approximate surface area is 124 Å². The lowest BCUT2D eigenvalue weighted by Crippen LogP contribution is -2.15. The van der Waals surface area contributed by atoms with Crippen LogP contribution in [0.25, 0.3) is 0 Å². The molecule has 0 aliphatic carbocycles. The molecule has 0 aliphatic heterocycles. The summed E-state index contributed by atoms with van der Waals surface area (Å²) in [5, 5.41) is 0. The fourth-order valence-electron chi connectivity index (χ4n) is 1.54. The summed E-state index contributed by atoms with van der Waals surface area (Å²) in [6, 6.07) is 6.99. The molecule has 0 saturated carbocycles. The lowest BCUT2D eigenvalue weighted by molar-refractivity contribution is 0.599. The van der Waals surface area contributed by atoms with Gasteiger partial charge in [-0.15, -0.1) is 0 Å². The number of nitrogens with two attached hydrogens (primary N) is 1. The fourth-order valence-corrected chi connectivity index (χ4v) is 3.59. The summed E-state index contributed by atoms with van der Waals surface area (Å²) >= 11 is 3.01. The summed E-state index contributed by atoms with van der Waals surface area (Å²) in [5.74, 6) is -0.510. The molecule has 1 aromatic carbocycles. The average Bonchev–Trinajstić information content (AvgIpc) is 2.33. The molecule has 3 N–H and O–H groups in total. The quantitative estimate of drug-likeness (QED) is 0.825. The van der Waals surface area contributed by atoms with E-state index in [1.807, 2.05) is 0 Å². The molecule has 5 nitrogen and oxygen atoms in total. The van der Waals surface area contributed by atoms with Crippen LogP contribution in [-0.4, -0.2) is 13.4 Å². The number of anilines is 2. The van der Waals surface area contributed by atoms with Gasteiger partial charge in [0.15, 0.2) is 0 Å². The molecule has 0 fully saturated rings. The number of halogens is 2. The Hall–Kier alpha value is -1.67. The van der Waals surface area contributed by atoms with E-state index in [-0.39, 0.29) is 20.9 Å². The van der Waals surface area contributed by atoms with Crippen LogP contribution >= 0.6 is 15.9 Å². The maximum atomic E-state index is 13.2. The number of aryl methyl sites for hydroxylation is 1. The maximum absolute atomic E-state index is 13.2. The molecule has 0 saturated heterocycles. The van der Waals surface area contributed by atoms with Crippen LogP contribution in [0, 0.1) is 12.7 Å². The molecule has 2 rings (SSSR count). The Balaban J connectivity index is 2.43. The largest absolute Gasteiger partial charge is 0.396 e. The highest BCUT2D eigenvalue weighted by molar-refractivity contribution is 9.10. The molecule has 1 heterocycles. The fraction of sp³-hybridized carbons (Fsp3) is 0.0833. The van der Waals surface area contributed by atoms with Gasteiger partial charge in [0.05, 0.1) is 5.69 Å². The number of pyridine rings is 1. The molecule has 1 aromatic heterocycles. The molecule has 0 amide bonds. The summed E-state index contributed by atoms with van der Waals surface area (Å²) in [5.41, 5.74) is 5.82. The number of hydrogen-bond donors (Lipinski definition) is 2. The van der Waals surface area contributed by atoms with Crippen molar-refractivity contribution in [3.05, 3.63) is 46.3 Å². The van der Waals surface area contributed by atoms with Crippen molar-refractivity contribution in [2.45, 2.75) is 11.8 Å². The van der Waals surface area contributed by atoms with Crippen molar-refractivity contribution in [2.75, 3.05) is 10.5 Å². The molecular weight excluding hydrogens is 349 g/mol. The molecule has 20 heavy (non-hydrogen) atoms. The Morgan fingerprint density at radius 3 is 2.70 bits per heavy atom. The van der Waals surface area contributed by atoms with Gasteiger partial charge < -0.3 is 5.73 Å². The molecule has 0 spiro atoms. The normalized spacial score (nSPS) is 11.3. The van der Waals surface area contributed by atoms with Crippen LogP contribution in [0.1, 0.15) is 5.69 Å². The first-order valence-corrected chi connectivity index (χ1v) is 7.78. The Bertz CT molecular complexity index is 765. The number of sulfonamides is 1. The predicted molar refractivity (Wildman–Crippen MR) is 78.3 cm³/mol. The summed E-state index contributed by atoms with van der Waals surface area (Å²) < 4.78 is 40.1. The van der Waals surface area contributed by atoms with Crippen molar-refractivity contribution in [3.8, 4) is 0 Å². The summed E-state index contributed by atoms with van der Waals surface area (Å²) in [4.78, 5) is 3.89. The van der Waals surface area contributed by atoms with E-state index in [0.29, 0.717) is 5.69 Å². The van der Waals surface area contributed by atoms with E-state index in [1.54, 1.807) is 19.1 Å². The number of nitrogens with zero attached hydrogens (tertiary/aromatic N) is 1. The summed E-state index contributed by atoms with van der Waals surface area (Å²) in [6.07, 6.45) is 0. The molecule has 2 aromatic rings. The Morgan fingerprint density at radius 2 is 2.05 bits per heavy atom. The van der Waals surface area contributed by atoms with Gasteiger partial charge in [-0.25, -0.2) is 17.8 Å². The second kappa shape index (κ2) is 5.37. The van der Waals surface area contributed by atoms with Crippen molar-refractivity contribution >= 4 is 37.5 Å². The number of rotatable bonds is 3. The predicted octanol–water partition coefficient (Wildman–Crippen LogP) is 2.67. The van der Waals surface area contributed by atoms with Crippen LogP contribution in [0.15, 0.2) is 39.7 Å². The van der Waals surface area contributed by atoms with Gasteiger partial charge >= 0.3 is 0 Å². The van der Waals surface area contributed by atoms with Crippen LogP contribution in [0.4, 0.5) is 15.9 Å². The van der Waals surface area contributed by atoms with E-state index in [4.69, 9.17) is 5.73 Å². The van der Waals surface area contributed by atoms with Crippen molar-refractivity contribution in [3.63, 3.8) is 0 Å². The van der Waals surface area contributed by atoms with Crippen molar-refractivity contribution in [1.29, 1.82) is 0 Å². The first-order chi connectivity index (χ1) is 9.29. The van der Waals surface area contributed by atoms with E-state index >= 15 is 0 Å². The van der Waals surface area contributed by atoms with E-state index in [1.165, 1.54) is 6.07 Å². The van der Waals surface area contributed by atoms with Gasteiger partial charge in [0, 0.05) is 10.2 Å². The molecule has 0 aliphatic rings. The molecule has 0 bridgehead atoms. The van der Waals surface area contributed by atoms with E-state index in [2.05, 4.69) is 25.6 Å². The number of nitrogen functional groups attached to an aromatic ring is 1. The highest BCUT2D eigenvalue weighted by Crippen LogP contribution is 2.28. The average molecular weight is 360 g/mol. The zero-order valence-corrected chi connectivity index (χ0v) is 12.8. The zero-order chi connectivity index (χ0) is 14.9. The van der Waals surface area contributed by atoms with Crippen molar-refractivity contribution < 1.29 is 12.8 Å². The van der Waals surface area contributed by atoms with Crippen LogP contribution in [0.2, 0.25) is 0 Å². The molecular formula is C12H11BrFN3O2S. The zero-order valence-electron chi connectivity index (χ0n) is 10.4. The summed E-state index contributed by atoms with van der Waals surface area (Å²) in [6.45, 7) is 1.74. The number of hydrogen-bond acceptors (Lipinski definition) is 4. The van der Waals surface area contributed by atoms with Crippen molar-refractivity contribution in [1.82, 2.24) is 4.98 Å². The molecule has 0 atom stereocenters. The van der Waals surface area contributed by atoms with Gasteiger partial charge in [-0.3, -0.25) is 4.72 Å². The number of nitrogens with one attached hydrogen (secondary N) is 1. The number of benzene rings is 1.